The number of carbonyl (C=O) groups excluding carboxylic acids is 1. The van der Waals surface area contributed by atoms with Crippen LogP contribution < -0.4 is 5.32 Å². The van der Waals surface area contributed by atoms with Crippen LogP contribution in [0.4, 0.5) is 0 Å². The molecule has 4 heteroatoms. The summed E-state index contributed by atoms with van der Waals surface area (Å²) in [7, 11) is 2.16. The Balaban J connectivity index is 1.70. The van der Waals surface area contributed by atoms with E-state index in [9.17, 15) is 4.79 Å². The lowest BCUT2D eigenvalue weighted by Gasteiger charge is -2.36. The highest BCUT2D eigenvalue weighted by Gasteiger charge is 2.54. The summed E-state index contributed by atoms with van der Waals surface area (Å²) >= 11 is 0. The molecule has 0 aromatic heterocycles. The van der Waals surface area contributed by atoms with Crippen LogP contribution in [0.2, 0.25) is 0 Å². The number of rotatable bonds is 9. The van der Waals surface area contributed by atoms with Gasteiger partial charge in [-0.2, -0.15) is 0 Å². The van der Waals surface area contributed by atoms with E-state index in [1.54, 1.807) is 0 Å². The van der Waals surface area contributed by atoms with Gasteiger partial charge in [0.1, 0.15) is 5.54 Å². The Morgan fingerprint density at radius 2 is 1.95 bits per heavy atom. The highest BCUT2D eigenvalue weighted by atomic mass is 16.5. The van der Waals surface area contributed by atoms with Gasteiger partial charge in [-0.1, -0.05) is 0 Å². The molecule has 3 aliphatic rings. The first-order valence-corrected chi connectivity index (χ1v) is 8.27. The molecule has 4 nitrogen and oxygen atoms in total. The van der Waals surface area contributed by atoms with Gasteiger partial charge in [0, 0.05) is 19.1 Å². The highest BCUT2D eigenvalue weighted by Crippen LogP contribution is 2.43. The van der Waals surface area contributed by atoms with Crippen molar-refractivity contribution in [3.05, 3.63) is 0 Å². The maximum atomic E-state index is 12.6. The van der Waals surface area contributed by atoms with Crippen LogP contribution in [0.1, 0.15) is 45.4 Å². The lowest BCUT2D eigenvalue weighted by atomic mass is 9.91. The van der Waals surface area contributed by atoms with Crippen molar-refractivity contribution in [1.82, 2.24) is 10.2 Å². The van der Waals surface area contributed by atoms with Gasteiger partial charge in [0.05, 0.1) is 6.61 Å². The van der Waals surface area contributed by atoms with Crippen molar-refractivity contribution in [3.63, 3.8) is 0 Å². The van der Waals surface area contributed by atoms with Gasteiger partial charge in [-0.25, -0.2) is 4.79 Å². The molecule has 3 aliphatic carbocycles. The first-order valence-electron chi connectivity index (χ1n) is 8.27. The second-order valence-electron chi connectivity index (χ2n) is 7.02. The fraction of sp³-hybridized carbons (Fsp3) is 0.938. The Morgan fingerprint density at radius 1 is 1.25 bits per heavy atom. The molecule has 0 heterocycles. The molecule has 1 atom stereocenters. The first kappa shape index (κ1) is 14.3. The number of esters is 1. The van der Waals surface area contributed by atoms with Crippen molar-refractivity contribution in [2.75, 3.05) is 26.7 Å². The van der Waals surface area contributed by atoms with Gasteiger partial charge in [-0.05, 0) is 64.3 Å². The largest absolute Gasteiger partial charge is 0.465 e. The Kier molecular flexibility index (Phi) is 4.04. The molecule has 20 heavy (non-hydrogen) atoms. The van der Waals surface area contributed by atoms with Crippen LogP contribution in [0.15, 0.2) is 0 Å². The van der Waals surface area contributed by atoms with Gasteiger partial charge in [0.25, 0.3) is 0 Å². The molecule has 3 saturated carbocycles. The highest BCUT2D eigenvalue weighted by molar-refractivity contribution is 5.82. The van der Waals surface area contributed by atoms with Crippen LogP contribution in [-0.2, 0) is 9.53 Å². The molecule has 1 N–H and O–H groups in total. The Morgan fingerprint density at radius 3 is 2.45 bits per heavy atom. The van der Waals surface area contributed by atoms with E-state index >= 15 is 0 Å². The second kappa shape index (κ2) is 5.64. The summed E-state index contributed by atoms with van der Waals surface area (Å²) in [5, 5.41) is 3.66. The molecule has 3 rings (SSSR count). The fourth-order valence-corrected chi connectivity index (χ4v) is 3.24. The van der Waals surface area contributed by atoms with E-state index in [1.807, 2.05) is 6.92 Å². The molecule has 0 radical (unpaired) electrons. The maximum absolute atomic E-state index is 12.6. The summed E-state index contributed by atoms with van der Waals surface area (Å²) in [4.78, 5) is 15.0. The van der Waals surface area contributed by atoms with Gasteiger partial charge in [-0.3, -0.25) is 5.32 Å². The van der Waals surface area contributed by atoms with Crippen LogP contribution in [0.25, 0.3) is 0 Å². The quantitative estimate of drug-likeness (QED) is 0.654. The molecule has 0 spiro atoms. The number of nitrogens with zero attached hydrogens (tertiary/aromatic N) is 1. The SMILES string of the molecule is CCOC(=O)C(CN(C)CC1CC1)(NC1CC1)C1CC1. The topological polar surface area (TPSA) is 41.6 Å². The molecule has 1 unspecified atom stereocenters. The van der Waals surface area contributed by atoms with Crippen LogP contribution in [0.5, 0.6) is 0 Å². The molecule has 0 aliphatic heterocycles. The van der Waals surface area contributed by atoms with Gasteiger partial charge in [0.2, 0.25) is 0 Å². The summed E-state index contributed by atoms with van der Waals surface area (Å²) in [6, 6.07) is 0.536. The Labute approximate surface area is 122 Å². The zero-order valence-corrected chi connectivity index (χ0v) is 12.9. The monoisotopic (exact) mass is 280 g/mol. The average molecular weight is 280 g/mol. The molecule has 0 aromatic rings. The lowest BCUT2D eigenvalue weighted by molar-refractivity contribution is -0.153. The smallest absolute Gasteiger partial charge is 0.327 e. The number of nitrogens with one attached hydrogen (secondary N) is 1. The maximum Gasteiger partial charge on any atom is 0.327 e. The predicted octanol–water partition coefficient (Wildman–Crippen LogP) is 1.79. The minimum absolute atomic E-state index is 0.0166. The summed E-state index contributed by atoms with van der Waals surface area (Å²) in [5.74, 6) is 1.32. The van der Waals surface area contributed by atoms with Crippen molar-refractivity contribution in [3.8, 4) is 0 Å². The van der Waals surface area contributed by atoms with Gasteiger partial charge >= 0.3 is 5.97 Å². The first-order chi connectivity index (χ1) is 9.64. The van der Waals surface area contributed by atoms with E-state index in [0.29, 0.717) is 18.6 Å². The van der Waals surface area contributed by atoms with Crippen molar-refractivity contribution < 1.29 is 9.53 Å². The standard InChI is InChI=1S/C16H28N2O2/c1-3-20-15(19)16(13-6-7-13,17-14-8-9-14)11-18(2)10-12-4-5-12/h12-14,17H,3-11H2,1-2H3. The van der Waals surface area contributed by atoms with Crippen molar-refractivity contribution in [2.24, 2.45) is 11.8 Å². The third-order valence-electron chi connectivity index (χ3n) is 4.74. The Hall–Kier alpha value is -0.610. The molecule has 0 saturated heterocycles. The van der Waals surface area contributed by atoms with Crippen LogP contribution in [0.3, 0.4) is 0 Å². The summed E-state index contributed by atoms with van der Waals surface area (Å²) in [6.45, 7) is 4.32. The Bertz CT molecular complexity index is 361. The molecule has 114 valence electrons. The van der Waals surface area contributed by atoms with E-state index < -0.39 is 5.54 Å². The molecule has 0 bridgehead atoms. The zero-order chi connectivity index (χ0) is 14.2. The second-order valence-corrected chi connectivity index (χ2v) is 7.02. The van der Waals surface area contributed by atoms with Crippen molar-refractivity contribution in [2.45, 2.75) is 57.0 Å². The number of hydrogen-bond acceptors (Lipinski definition) is 4. The van der Waals surface area contributed by atoms with Crippen LogP contribution in [0, 0.1) is 11.8 Å². The predicted molar refractivity (Wildman–Crippen MR) is 78.5 cm³/mol. The number of carbonyl (C=O) groups is 1. The van der Waals surface area contributed by atoms with E-state index in [1.165, 1.54) is 25.7 Å². The van der Waals surface area contributed by atoms with E-state index in [-0.39, 0.29) is 5.97 Å². The third kappa shape index (κ3) is 3.34. The minimum Gasteiger partial charge on any atom is -0.465 e. The molecule has 3 fully saturated rings. The van der Waals surface area contributed by atoms with Crippen LogP contribution in [-0.4, -0.2) is 49.2 Å². The van der Waals surface area contributed by atoms with Gasteiger partial charge in [-0.15, -0.1) is 0 Å². The molecular formula is C16H28N2O2. The van der Waals surface area contributed by atoms with E-state index in [2.05, 4.69) is 17.3 Å². The van der Waals surface area contributed by atoms with E-state index in [0.717, 1.165) is 31.8 Å². The normalized spacial score (nSPS) is 25.6. The minimum atomic E-state index is -0.444. The third-order valence-corrected chi connectivity index (χ3v) is 4.74. The lowest BCUT2D eigenvalue weighted by Crippen LogP contribution is -2.61. The van der Waals surface area contributed by atoms with Crippen molar-refractivity contribution >= 4 is 5.97 Å². The van der Waals surface area contributed by atoms with Crippen LogP contribution >= 0.6 is 0 Å². The summed E-state index contributed by atoms with van der Waals surface area (Å²) in [5.41, 5.74) is -0.444. The zero-order valence-electron chi connectivity index (χ0n) is 12.9. The summed E-state index contributed by atoms with van der Waals surface area (Å²) in [6.07, 6.45) is 7.46. The average Bonchev–Trinajstić information content (AvgIpc) is 3.25. The fourth-order valence-electron chi connectivity index (χ4n) is 3.24. The summed E-state index contributed by atoms with van der Waals surface area (Å²) < 4.78 is 5.43. The molecule has 0 aromatic carbocycles. The number of ether oxygens (including phenoxy) is 1. The van der Waals surface area contributed by atoms with Crippen molar-refractivity contribution in [1.29, 1.82) is 0 Å². The molecular weight excluding hydrogens is 252 g/mol. The van der Waals surface area contributed by atoms with E-state index in [4.69, 9.17) is 4.74 Å². The number of likely N-dealkylation sites (N-methyl/N-ethyl adjacent to an activating group) is 1. The number of hydrogen-bond donors (Lipinski definition) is 1. The van der Waals surface area contributed by atoms with Gasteiger partial charge < -0.3 is 9.64 Å². The van der Waals surface area contributed by atoms with Gasteiger partial charge in [0.15, 0.2) is 0 Å². The molecule has 0 amide bonds.